The maximum atomic E-state index is 12.6. The third kappa shape index (κ3) is 4.22. The number of Topliss-reactive ketones (excluding diaryl/α,β-unsaturated/α-hetero) is 1. The first-order valence-electron chi connectivity index (χ1n) is 8.83. The number of halogens is 1. The fourth-order valence-electron chi connectivity index (χ4n) is 3.09. The molecule has 0 aliphatic carbocycles. The number of carbonyl (C=O) groups excluding carboxylic acids is 1. The average molecular weight is 521 g/mol. The molecule has 0 bridgehead atoms. The number of fused-ring (bicyclic) bond motifs is 1. The van der Waals surface area contributed by atoms with Gasteiger partial charge in [-0.1, -0.05) is 23.4 Å². The molecular weight excluding hydrogens is 505 g/mol. The monoisotopic (exact) mass is 521 g/mol. The van der Waals surface area contributed by atoms with Crippen LogP contribution in [0.1, 0.15) is 18.4 Å². The van der Waals surface area contributed by atoms with E-state index in [1.807, 2.05) is 46.9 Å². The lowest BCUT2D eigenvalue weighted by Gasteiger charge is -2.17. The second-order valence-electron chi connectivity index (χ2n) is 6.43. The maximum absolute atomic E-state index is 12.6. The predicted octanol–water partition coefficient (Wildman–Crippen LogP) is 2.98. The van der Waals surface area contributed by atoms with Crippen LogP contribution in [0.15, 0.2) is 64.2 Å². The van der Waals surface area contributed by atoms with Gasteiger partial charge in [0.25, 0.3) is 10.0 Å². The van der Waals surface area contributed by atoms with Crippen LogP contribution in [-0.2, 0) is 21.2 Å². The molecule has 1 aromatic heterocycles. The number of nitrogens with one attached hydrogen (secondary N) is 1. The Kier molecular flexibility index (Phi) is 5.46. The van der Waals surface area contributed by atoms with Gasteiger partial charge >= 0.3 is 0 Å². The van der Waals surface area contributed by atoms with Crippen molar-refractivity contribution in [3.63, 3.8) is 0 Å². The number of sulfonamides is 1. The van der Waals surface area contributed by atoms with Crippen molar-refractivity contribution < 1.29 is 13.2 Å². The molecule has 0 saturated carbocycles. The molecule has 0 amide bonds. The summed E-state index contributed by atoms with van der Waals surface area (Å²) in [5.41, 5.74) is 2.30. The van der Waals surface area contributed by atoms with Crippen molar-refractivity contribution in [3.8, 4) is 5.69 Å². The molecule has 3 aromatic rings. The Bertz CT molecular complexity index is 1210. The lowest BCUT2D eigenvalue weighted by atomic mass is 10.0. The number of carbonyl (C=O) groups is 1. The van der Waals surface area contributed by atoms with Crippen molar-refractivity contribution >= 4 is 49.9 Å². The van der Waals surface area contributed by atoms with Gasteiger partial charge in [-0.2, -0.15) is 8.42 Å². The number of aryl methyl sites for hydroxylation is 1. The molecule has 1 N–H and O–H groups in total. The lowest BCUT2D eigenvalue weighted by molar-refractivity contribution is -0.113. The number of aromatic nitrogens is 3. The summed E-state index contributed by atoms with van der Waals surface area (Å²) >= 11 is 2.03. The SMILES string of the molecule is O=C(CCCc1ccccc1-n1ccnn1)C1=NS(=O)(=O)c2cc(I)ccc2N1. The molecular formula is C19H16IN5O3S. The smallest absolute Gasteiger partial charge is 0.286 e. The van der Waals surface area contributed by atoms with E-state index >= 15 is 0 Å². The summed E-state index contributed by atoms with van der Waals surface area (Å²) in [6, 6.07) is 12.7. The van der Waals surface area contributed by atoms with E-state index in [0.29, 0.717) is 18.5 Å². The van der Waals surface area contributed by atoms with Crippen molar-refractivity contribution in [3.05, 3.63) is 64.0 Å². The molecule has 148 valence electrons. The molecule has 29 heavy (non-hydrogen) atoms. The number of hydrogen-bond acceptors (Lipinski definition) is 6. The number of anilines is 1. The largest absolute Gasteiger partial charge is 0.335 e. The van der Waals surface area contributed by atoms with Gasteiger partial charge in [0.1, 0.15) is 4.90 Å². The molecule has 0 fully saturated rings. The fraction of sp³-hybridized carbons (Fsp3) is 0.158. The van der Waals surface area contributed by atoms with Crippen LogP contribution in [0, 0.1) is 3.57 Å². The third-order valence-corrected chi connectivity index (χ3v) is 6.45. The van der Waals surface area contributed by atoms with Gasteiger partial charge in [-0.15, -0.1) is 9.50 Å². The Morgan fingerprint density at radius 2 is 2.00 bits per heavy atom. The van der Waals surface area contributed by atoms with E-state index < -0.39 is 10.0 Å². The second kappa shape index (κ2) is 8.03. The topological polar surface area (TPSA) is 106 Å². The van der Waals surface area contributed by atoms with E-state index in [9.17, 15) is 13.2 Å². The minimum Gasteiger partial charge on any atom is -0.335 e. The highest BCUT2D eigenvalue weighted by atomic mass is 127. The van der Waals surface area contributed by atoms with Crippen LogP contribution >= 0.6 is 22.6 Å². The van der Waals surface area contributed by atoms with Gasteiger partial charge in [-0.05, 0) is 65.3 Å². The average Bonchev–Trinajstić information content (AvgIpc) is 3.23. The highest BCUT2D eigenvalue weighted by Crippen LogP contribution is 2.29. The minimum atomic E-state index is -3.89. The Morgan fingerprint density at radius 3 is 2.79 bits per heavy atom. The third-order valence-electron chi connectivity index (χ3n) is 4.46. The van der Waals surface area contributed by atoms with Crippen molar-refractivity contribution in [1.29, 1.82) is 0 Å². The van der Waals surface area contributed by atoms with E-state index in [1.54, 1.807) is 29.2 Å². The van der Waals surface area contributed by atoms with Crippen LogP contribution in [0.3, 0.4) is 0 Å². The normalized spacial score (nSPS) is 14.6. The van der Waals surface area contributed by atoms with Crippen LogP contribution in [0.4, 0.5) is 5.69 Å². The van der Waals surface area contributed by atoms with Gasteiger partial charge in [0.2, 0.25) is 0 Å². The molecule has 0 atom stereocenters. The molecule has 1 aliphatic rings. The first-order chi connectivity index (χ1) is 13.9. The Hall–Kier alpha value is -2.60. The summed E-state index contributed by atoms with van der Waals surface area (Å²) < 4.78 is 31.0. The van der Waals surface area contributed by atoms with Crippen LogP contribution in [-0.4, -0.2) is 35.0 Å². The van der Waals surface area contributed by atoms with E-state index in [2.05, 4.69) is 20.0 Å². The number of amidine groups is 1. The van der Waals surface area contributed by atoms with Gasteiger partial charge in [-0.25, -0.2) is 4.68 Å². The van der Waals surface area contributed by atoms with Crippen molar-refractivity contribution in [2.24, 2.45) is 4.40 Å². The fourth-order valence-corrected chi connectivity index (χ4v) is 4.96. The molecule has 4 rings (SSSR count). The van der Waals surface area contributed by atoms with Gasteiger partial charge in [0.05, 0.1) is 23.8 Å². The maximum Gasteiger partial charge on any atom is 0.286 e. The van der Waals surface area contributed by atoms with Crippen LogP contribution < -0.4 is 5.32 Å². The number of hydrogen-bond donors (Lipinski definition) is 1. The highest BCUT2D eigenvalue weighted by Gasteiger charge is 2.28. The first-order valence-corrected chi connectivity index (χ1v) is 11.4. The zero-order valence-corrected chi connectivity index (χ0v) is 18.1. The molecule has 10 heteroatoms. The Labute approximate surface area is 181 Å². The number of ketones is 1. The number of nitrogens with zero attached hydrogens (tertiary/aromatic N) is 4. The van der Waals surface area contributed by atoms with Gasteiger partial charge < -0.3 is 5.32 Å². The summed E-state index contributed by atoms with van der Waals surface area (Å²) in [6.07, 6.45) is 4.72. The van der Waals surface area contributed by atoms with Crippen LogP contribution in [0.25, 0.3) is 5.69 Å². The highest BCUT2D eigenvalue weighted by molar-refractivity contribution is 14.1. The van der Waals surface area contributed by atoms with Gasteiger partial charge in [0.15, 0.2) is 11.6 Å². The summed E-state index contributed by atoms with van der Waals surface area (Å²) in [4.78, 5) is 12.7. The summed E-state index contributed by atoms with van der Waals surface area (Å²) in [5, 5.41) is 10.7. The van der Waals surface area contributed by atoms with Crippen LogP contribution in [0.5, 0.6) is 0 Å². The number of benzene rings is 2. The van der Waals surface area contributed by atoms with E-state index in [-0.39, 0.29) is 22.9 Å². The van der Waals surface area contributed by atoms with Crippen LogP contribution in [0.2, 0.25) is 0 Å². The minimum absolute atomic E-state index is 0.0858. The number of para-hydroxylation sites is 1. The first kappa shape index (κ1) is 19.7. The van der Waals surface area contributed by atoms with Gasteiger partial charge in [0, 0.05) is 9.99 Å². The molecule has 2 aromatic carbocycles. The predicted molar refractivity (Wildman–Crippen MR) is 117 cm³/mol. The molecule has 0 spiro atoms. The molecule has 0 radical (unpaired) electrons. The van der Waals surface area contributed by atoms with E-state index in [4.69, 9.17) is 0 Å². The van der Waals surface area contributed by atoms with Crippen molar-refractivity contribution in [2.75, 3.05) is 5.32 Å². The second-order valence-corrected chi connectivity index (χ2v) is 9.25. The lowest BCUT2D eigenvalue weighted by Crippen LogP contribution is -2.29. The Balaban J connectivity index is 1.46. The number of rotatable bonds is 6. The van der Waals surface area contributed by atoms with E-state index in [0.717, 1.165) is 14.8 Å². The summed E-state index contributed by atoms with van der Waals surface area (Å²) in [7, 11) is -3.89. The van der Waals surface area contributed by atoms with Crippen molar-refractivity contribution in [1.82, 2.24) is 15.0 Å². The summed E-state index contributed by atoms with van der Waals surface area (Å²) in [5.74, 6) is -0.473. The molecule has 8 nitrogen and oxygen atoms in total. The van der Waals surface area contributed by atoms with Gasteiger partial charge in [-0.3, -0.25) is 4.79 Å². The quantitative estimate of drug-likeness (QED) is 0.500. The molecule has 0 saturated heterocycles. The molecule has 1 aliphatic heterocycles. The molecule has 2 heterocycles. The van der Waals surface area contributed by atoms with E-state index in [1.165, 1.54) is 6.07 Å². The summed E-state index contributed by atoms with van der Waals surface area (Å²) in [6.45, 7) is 0. The zero-order valence-electron chi connectivity index (χ0n) is 15.1. The standard InChI is InChI=1S/C19H16IN5O3S/c20-14-8-9-15-18(12-14)29(27,28)23-19(22-15)17(26)7-3-5-13-4-1-2-6-16(13)25-11-10-21-24-25/h1-2,4,6,8-12H,3,5,7H2,(H,22,23). The zero-order chi connectivity index (χ0) is 20.4. The van der Waals surface area contributed by atoms with Crippen molar-refractivity contribution in [2.45, 2.75) is 24.2 Å². The Morgan fingerprint density at radius 1 is 1.17 bits per heavy atom. The molecule has 0 unspecified atom stereocenters.